The SMILES string of the molecule is COCC(=O)N[C@H]1CNOC1. The second-order valence-electron chi connectivity index (χ2n) is 2.36. The van der Waals surface area contributed by atoms with Gasteiger partial charge in [-0.3, -0.25) is 9.63 Å². The summed E-state index contributed by atoms with van der Waals surface area (Å²) >= 11 is 0. The number of amides is 1. The summed E-state index contributed by atoms with van der Waals surface area (Å²) in [7, 11) is 1.49. The zero-order valence-corrected chi connectivity index (χ0v) is 6.42. The van der Waals surface area contributed by atoms with E-state index < -0.39 is 0 Å². The zero-order valence-electron chi connectivity index (χ0n) is 6.42. The molecular weight excluding hydrogens is 148 g/mol. The highest BCUT2D eigenvalue weighted by Crippen LogP contribution is 1.90. The maximum absolute atomic E-state index is 10.9. The first kappa shape index (κ1) is 8.45. The van der Waals surface area contributed by atoms with Crippen molar-refractivity contribution in [1.82, 2.24) is 10.8 Å². The normalized spacial score (nSPS) is 23.5. The molecule has 0 aromatic carbocycles. The van der Waals surface area contributed by atoms with E-state index in [0.29, 0.717) is 13.2 Å². The van der Waals surface area contributed by atoms with Gasteiger partial charge in [0, 0.05) is 13.7 Å². The van der Waals surface area contributed by atoms with Crippen molar-refractivity contribution in [2.75, 3.05) is 26.9 Å². The van der Waals surface area contributed by atoms with Crippen molar-refractivity contribution in [3.63, 3.8) is 0 Å². The van der Waals surface area contributed by atoms with E-state index in [1.165, 1.54) is 7.11 Å². The fraction of sp³-hybridized carbons (Fsp3) is 0.833. The standard InChI is InChI=1S/C6H12N2O3/c1-10-4-6(9)8-5-2-7-11-3-5/h5,7H,2-4H2,1H3,(H,8,9)/t5-/m0/s1. The molecule has 0 radical (unpaired) electrons. The van der Waals surface area contributed by atoms with Crippen molar-refractivity contribution in [2.45, 2.75) is 6.04 Å². The number of methoxy groups -OCH3 is 1. The van der Waals surface area contributed by atoms with Crippen LogP contribution in [-0.4, -0.2) is 38.8 Å². The highest BCUT2D eigenvalue weighted by atomic mass is 16.7. The van der Waals surface area contributed by atoms with Gasteiger partial charge in [-0.1, -0.05) is 0 Å². The second-order valence-corrected chi connectivity index (χ2v) is 2.36. The lowest BCUT2D eigenvalue weighted by Crippen LogP contribution is -2.39. The monoisotopic (exact) mass is 160 g/mol. The zero-order chi connectivity index (χ0) is 8.10. The Morgan fingerprint density at radius 1 is 1.91 bits per heavy atom. The highest BCUT2D eigenvalue weighted by molar-refractivity contribution is 5.77. The van der Waals surface area contributed by atoms with Crippen LogP contribution in [0.1, 0.15) is 0 Å². The van der Waals surface area contributed by atoms with E-state index in [-0.39, 0.29) is 18.6 Å². The third-order valence-electron chi connectivity index (χ3n) is 1.36. The Kier molecular flexibility index (Phi) is 3.28. The molecule has 1 saturated heterocycles. The summed E-state index contributed by atoms with van der Waals surface area (Å²) in [4.78, 5) is 15.7. The lowest BCUT2D eigenvalue weighted by Gasteiger charge is -2.08. The van der Waals surface area contributed by atoms with Gasteiger partial charge in [0.15, 0.2) is 0 Å². The molecule has 1 aliphatic rings. The van der Waals surface area contributed by atoms with Gasteiger partial charge in [0.1, 0.15) is 6.61 Å². The molecule has 0 aromatic rings. The predicted molar refractivity (Wildman–Crippen MR) is 37.8 cm³/mol. The molecule has 1 atom stereocenters. The summed E-state index contributed by atoms with van der Waals surface area (Å²) in [5.74, 6) is -0.107. The van der Waals surface area contributed by atoms with Crippen LogP contribution in [0.2, 0.25) is 0 Å². The fourth-order valence-electron chi connectivity index (χ4n) is 0.871. The number of rotatable bonds is 3. The lowest BCUT2D eigenvalue weighted by atomic mass is 10.3. The molecule has 1 rings (SSSR count). The molecule has 64 valence electrons. The third-order valence-corrected chi connectivity index (χ3v) is 1.36. The van der Waals surface area contributed by atoms with Gasteiger partial charge in [-0.05, 0) is 0 Å². The maximum atomic E-state index is 10.9. The second kappa shape index (κ2) is 4.27. The van der Waals surface area contributed by atoms with E-state index in [1.807, 2.05) is 0 Å². The van der Waals surface area contributed by atoms with Crippen LogP contribution >= 0.6 is 0 Å². The molecule has 0 aliphatic carbocycles. The van der Waals surface area contributed by atoms with Crippen LogP contribution in [-0.2, 0) is 14.4 Å². The Morgan fingerprint density at radius 2 is 2.73 bits per heavy atom. The van der Waals surface area contributed by atoms with Crippen LogP contribution in [0.5, 0.6) is 0 Å². The van der Waals surface area contributed by atoms with Crippen molar-refractivity contribution >= 4 is 5.91 Å². The number of carbonyl (C=O) groups is 1. The lowest BCUT2D eigenvalue weighted by molar-refractivity contribution is -0.125. The minimum Gasteiger partial charge on any atom is -0.375 e. The average molecular weight is 160 g/mol. The van der Waals surface area contributed by atoms with Crippen molar-refractivity contribution < 1.29 is 14.4 Å². The van der Waals surface area contributed by atoms with Gasteiger partial charge in [0.2, 0.25) is 5.91 Å². The molecule has 1 aliphatic heterocycles. The molecule has 5 heteroatoms. The van der Waals surface area contributed by atoms with E-state index in [9.17, 15) is 4.79 Å². The van der Waals surface area contributed by atoms with Crippen LogP contribution in [0.3, 0.4) is 0 Å². The van der Waals surface area contributed by atoms with E-state index in [2.05, 4.69) is 15.5 Å². The minimum absolute atomic E-state index is 0.0812. The Hall–Kier alpha value is -0.650. The van der Waals surface area contributed by atoms with Gasteiger partial charge in [0.25, 0.3) is 0 Å². The molecule has 1 heterocycles. The Balaban J connectivity index is 2.13. The molecule has 0 aromatic heterocycles. The summed E-state index contributed by atoms with van der Waals surface area (Å²) < 4.78 is 4.64. The van der Waals surface area contributed by atoms with Crippen LogP contribution in [0.25, 0.3) is 0 Å². The number of hydrogen-bond acceptors (Lipinski definition) is 4. The van der Waals surface area contributed by atoms with Crippen molar-refractivity contribution in [3.05, 3.63) is 0 Å². The van der Waals surface area contributed by atoms with Gasteiger partial charge in [-0.2, -0.15) is 0 Å². The van der Waals surface area contributed by atoms with Crippen LogP contribution < -0.4 is 10.8 Å². The van der Waals surface area contributed by atoms with Crippen molar-refractivity contribution in [3.8, 4) is 0 Å². The molecule has 0 spiro atoms. The average Bonchev–Trinajstić information content (AvgIpc) is 2.40. The number of ether oxygens (including phenoxy) is 1. The van der Waals surface area contributed by atoms with E-state index in [4.69, 9.17) is 4.84 Å². The minimum atomic E-state index is -0.107. The number of hydroxylamine groups is 1. The summed E-state index contributed by atoms with van der Waals surface area (Å²) in [5.41, 5.74) is 2.66. The van der Waals surface area contributed by atoms with E-state index in [1.54, 1.807) is 0 Å². The molecule has 0 bridgehead atoms. The summed E-state index contributed by atoms with van der Waals surface area (Å²) in [5, 5.41) is 2.73. The third kappa shape index (κ3) is 2.83. The van der Waals surface area contributed by atoms with Gasteiger partial charge in [0.05, 0.1) is 12.6 Å². The first-order valence-corrected chi connectivity index (χ1v) is 3.46. The molecule has 5 nitrogen and oxygen atoms in total. The van der Waals surface area contributed by atoms with Gasteiger partial charge < -0.3 is 10.1 Å². The smallest absolute Gasteiger partial charge is 0.246 e. The van der Waals surface area contributed by atoms with Crippen LogP contribution in [0.15, 0.2) is 0 Å². The molecule has 1 fully saturated rings. The molecule has 1 amide bonds. The Morgan fingerprint density at radius 3 is 3.27 bits per heavy atom. The summed E-state index contributed by atoms with van der Waals surface area (Å²) in [6.07, 6.45) is 0. The van der Waals surface area contributed by atoms with Crippen LogP contribution in [0.4, 0.5) is 0 Å². The highest BCUT2D eigenvalue weighted by Gasteiger charge is 2.16. The van der Waals surface area contributed by atoms with Crippen LogP contribution in [0, 0.1) is 0 Å². The molecule has 0 saturated carbocycles. The predicted octanol–water partition coefficient (Wildman–Crippen LogP) is -1.35. The Labute approximate surface area is 65.0 Å². The largest absolute Gasteiger partial charge is 0.375 e. The summed E-state index contributed by atoms with van der Waals surface area (Å²) in [6.45, 7) is 1.29. The van der Waals surface area contributed by atoms with E-state index >= 15 is 0 Å². The van der Waals surface area contributed by atoms with Crippen molar-refractivity contribution in [1.29, 1.82) is 0 Å². The topological polar surface area (TPSA) is 59.6 Å². The fourth-order valence-corrected chi connectivity index (χ4v) is 0.871. The first-order chi connectivity index (χ1) is 5.33. The number of hydrogen-bond donors (Lipinski definition) is 2. The summed E-state index contributed by atoms with van der Waals surface area (Å²) in [6, 6.07) is 0.0812. The Bertz CT molecular complexity index is 134. The van der Waals surface area contributed by atoms with Gasteiger partial charge >= 0.3 is 0 Å². The number of nitrogens with one attached hydrogen (secondary N) is 2. The maximum Gasteiger partial charge on any atom is 0.246 e. The first-order valence-electron chi connectivity index (χ1n) is 3.46. The molecule has 0 unspecified atom stereocenters. The van der Waals surface area contributed by atoms with Gasteiger partial charge in [-0.15, -0.1) is 0 Å². The quantitative estimate of drug-likeness (QED) is 0.536. The number of carbonyl (C=O) groups excluding carboxylic acids is 1. The van der Waals surface area contributed by atoms with Crippen molar-refractivity contribution in [2.24, 2.45) is 0 Å². The molecular formula is C6H12N2O3. The molecule has 11 heavy (non-hydrogen) atoms. The molecule has 2 N–H and O–H groups in total. The van der Waals surface area contributed by atoms with E-state index in [0.717, 1.165) is 0 Å². The van der Waals surface area contributed by atoms with Gasteiger partial charge in [-0.25, -0.2) is 5.48 Å².